The van der Waals surface area contributed by atoms with Gasteiger partial charge in [0.25, 0.3) is 0 Å². The third-order valence-electron chi connectivity index (χ3n) is 23.4. The maximum absolute atomic E-state index is 15.9. The Balaban J connectivity index is 0.0000327. The minimum atomic E-state index is -2.50. The number of aliphatic hydroxyl groups is 1. The van der Waals surface area contributed by atoms with Crippen LogP contribution in [-0.2, 0) is 113 Å². The number of hydrogen-bond acceptors (Lipinski definition) is 27. The van der Waals surface area contributed by atoms with Crippen molar-refractivity contribution in [3.8, 4) is 0 Å². The lowest BCUT2D eigenvalue weighted by atomic mass is 9.96. The van der Waals surface area contributed by atoms with Gasteiger partial charge in [0.15, 0.2) is 0 Å². The smallest absolute Gasteiger partial charge is 0.303 e. The lowest BCUT2D eigenvalue weighted by molar-refractivity contribution is -0.139. The molecule has 6 rings (SSSR count). The molecule has 23 atom stereocenters. The molecule has 0 spiro atoms. The number of halogens is 1. The first-order valence-corrected chi connectivity index (χ1v) is 49.8. The molecule has 1 unspecified atom stereocenters. The van der Waals surface area contributed by atoms with Crippen LogP contribution < -0.4 is 107 Å². The van der Waals surface area contributed by atoms with Crippen LogP contribution in [0.3, 0.4) is 0 Å². The van der Waals surface area contributed by atoms with E-state index in [0.717, 1.165) is 23.5 Å². The first-order valence-electron chi connectivity index (χ1n) is 45.2. The minimum Gasteiger partial charge on any atom is -0.481 e. The van der Waals surface area contributed by atoms with Gasteiger partial charge >= 0.3 is 5.97 Å². The Morgan fingerprint density at radius 3 is 1.64 bits per heavy atom. The molecule has 4 aliphatic heterocycles. The molecule has 0 radical (unpaired) electrons. The zero-order chi connectivity index (χ0) is 101. The van der Waals surface area contributed by atoms with E-state index in [-0.39, 0.29) is 44.6 Å². The van der Waals surface area contributed by atoms with E-state index in [1.807, 2.05) is 4.90 Å². The standard InChI is InChI=1S/C86H136N22O23S4.ClH/c1-17-42(9)65-82(126)94-52(24-25-62(112)113)75(119)97-57-36-133-45(12)67(107-79(123)56-35-132-34-50(87)71(115)96-55(33-109)72(116)90-31-60(110)93-54(77(121)102-63(40(5)6)80(124)98-56)29-48-30-89-51-23-20-19-22-49(48)51)84(128)95-53(28-39(3)4)76(120)106-68(85(129)105-65)46(13)134-37-58-78(122)92-44(11)70(114)100-59(74(118)88-26-21-27-108(15)16)38-135(131)47(14)69(101-61(111)32-91-73(57)117)86(130)103-64(41(7)8)81(125)104-66(43(10)18-2)83(127)99-58;/h19-20,22-23,30,39-47,50,52-59,63-69,89,109H,17-18,21,24-29,31-38,87H2,1-16H3,(H,88,118)(H,90,116)(H,91,117)(H,92,122)(H,93,110)(H,94,126)(H,95,128)(H,96,115)(H,97,119)(H,98,124)(H,99,127)(H,100,114)(H,101,111)(H,102,121)(H,103,130)(H,104,125)(H,105,129)(H,106,120)(H,107,123)(H,112,113);1H/t42-,43-,44-,45-,46-,47-,50+,52-,53-,54-,55-,56-,57-,58-,59-,63-,64-,65-,66-,67+,68+,69+,135?;/m0./s1. The number of nitrogens with two attached hydrogens (primary N) is 1. The Morgan fingerprint density at radius 2 is 1.04 bits per heavy atom. The number of para-hydroxylation sites is 1. The number of carboxylic acid groups (broad SMARTS) is 1. The maximum atomic E-state index is 15.9. The number of carbonyl (C=O) groups is 20. The van der Waals surface area contributed by atoms with E-state index in [1.165, 1.54) is 48.5 Å². The van der Waals surface area contributed by atoms with Gasteiger partial charge in [0.1, 0.15) is 96.7 Å². The first-order chi connectivity index (χ1) is 63.6. The Morgan fingerprint density at radius 1 is 0.522 bits per heavy atom. The van der Waals surface area contributed by atoms with Gasteiger partial charge in [-0.1, -0.05) is 114 Å². The molecule has 0 saturated carbocycles. The number of carboxylic acids is 1. The molecule has 4 bridgehead atoms. The number of hydrogen-bond donors (Lipinski definition) is 23. The number of fused-ring (bicyclic) bond motifs is 19. The molecule has 50 heteroatoms. The van der Waals surface area contributed by atoms with Crippen molar-refractivity contribution in [1.82, 2.24) is 111 Å². The molecule has 24 N–H and O–H groups in total. The van der Waals surface area contributed by atoms with Crippen molar-refractivity contribution in [2.24, 2.45) is 35.3 Å². The van der Waals surface area contributed by atoms with Crippen molar-refractivity contribution in [2.45, 2.75) is 260 Å². The van der Waals surface area contributed by atoms with Gasteiger partial charge < -0.3 is 127 Å². The van der Waals surface area contributed by atoms with Crippen molar-refractivity contribution >= 4 is 188 Å². The molecule has 5 heterocycles. The van der Waals surface area contributed by atoms with Crippen molar-refractivity contribution in [1.29, 1.82) is 0 Å². The van der Waals surface area contributed by atoms with E-state index < -0.39 is 338 Å². The molecular formula is C86H137ClN22O23S4. The fourth-order valence-electron chi connectivity index (χ4n) is 14.6. The van der Waals surface area contributed by atoms with Gasteiger partial charge in [0, 0.05) is 80.8 Å². The number of H-pyrrole nitrogens is 1. The predicted molar refractivity (Wildman–Crippen MR) is 512 cm³/mol. The number of aliphatic carboxylic acids is 1. The molecule has 4 saturated heterocycles. The summed E-state index contributed by atoms with van der Waals surface area (Å²) in [4.78, 5) is 302. The summed E-state index contributed by atoms with van der Waals surface area (Å²) in [6.07, 6.45) is 0.239. The third-order valence-corrected chi connectivity index (χ3v) is 28.9. The number of aromatic amines is 1. The second-order valence-corrected chi connectivity index (χ2v) is 41.4. The van der Waals surface area contributed by atoms with Crippen LogP contribution in [0.5, 0.6) is 0 Å². The van der Waals surface area contributed by atoms with E-state index in [4.69, 9.17) is 5.73 Å². The highest BCUT2D eigenvalue weighted by molar-refractivity contribution is 8.00. The zero-order valence-corrected chi connectivity index (χ0v) is 83.5. The maximum Gasteiger partial charge on any atom is 0.303 e. The molecule has 2 aromatic rings. The summed E-state index contributed by atoms with van der Waals surface area (Å²) in [5, 5.41) is 65.8. The van der Waals surface area contributed by atoms with E-state index >= 15 is 56.9 Å². The number of aromatic nitrogens is 1. The van der Waals surface area contributed by atoms with Gasteiger partial charge in [-0.15, -0.1) is 12.4 Å². The van der Waals surface area contributed by atoms with Gasteiger partial charge in [-0.25, -0.2) is 0 Å². The predicted octanol–water partition coefficient (Wildman–Crippen LogP) is -5.99. The van der Waals surface area contributed by atoms with Gasteiger partial charge in [0.2, 0.25) is 112 Å². The zero-order valence-electron chi connectivity index (χ0n) is 79.4. The van der Waals surface area contributed by atoms with E-state index in [2.05, 4.69) is 106 Å². The fraction of sp³-hybridized carbons (Fsp3) is 0.674. The SMILES string of the molecule is CC[C@H](C)[C@@H]1NC(=O)[C@H](C(C)C)NC(=O)[C@@H]2NC(=O)CNC(=O)[C@@H]3CS[C@@H](C)[C@@H](NC(=O)[C@@H]4CSC[C@@H](N)C(=O)N[C@@H](CO)C(=O)NCC(=O)N[C@@H](Cc5c[nH]c6ccccc56)C(=O)N[C@@H](C(C)C)C(=O)N4)C(=O)N[C@@H](CC(C)C)C(=O)N[C@@H](C(=O)N[C@@H]([C@@H](C)CC)C(=O)N[C@@H](CCC(=O)O)C(=O)N3)[C@H](C)SC[C@H](NC1=O)C(=O)N[C@@H](C)C(=O)N[C@H](C(=O)NCCCN(C)C)CS(=O)[C@H]2C.Cl. The van der Waals surface area contributed by atoms with Crippen molar-refractivity contribution < 1.29 is 110 Å². The molecule has 19 amide bonds. The number of nitrogens with one attached hydrogen (secondary N) is 20. The Bertz CT molecular complexity index is 4610. The highest BCUT2D eigenvalue weighted by atomic mass is 35.5. The summed E-state index contributed by atoms with van der Waals surface area (Å²) in [5.41, 5.74) is 7.56. The van der Waals surface area contributed by atoms with Crippen LogP contribution in [0.15, 0.2) is 30.5 Å². The van der Waals surface area contributed by atoms with Crippen LogP contribution in [0.25, 0.3) is 10.9 Å². The molecule has 1 aromatic carbocycles. The topological polar surface area (TPSA) is 673 Å². The molecule has 760 valence electrons. The number of amides is 19. The summed E-state index contributed by atoms with van der Waals surface area (Å²) in [6, 6.07) is -22.6. The largest absolute Gasteiger partial charge is 0.481 e. The summed E-state index contributed by atoms with van der Waals surface area (Å²) < 4.78 is 15.1. The van der Waals surface area contributed by atoms with Crippen LogP contribution in [0.1, 0.15) is 141 Å². The van der Waals surface area contributed by atoms with Gasteiger partial charge in [-0.05, 0) is 95.0 Å². The van der Waals surface area contributed by atoms with E-state index in [0.29, 0.717) is 41.2 Å². The van der Waals surface area contributed by atoms with Crippen LogP contribution in [-0.4, -0.2) is 337 Å². The number of thioether (sulfide) groups is 3. The number of rotatable bonds is 21. The second-order valence-electron chi connectivity index (χ2n) is 35.7. The molecule has 0 aliphatic carbocycles. The average molecular weight is 2010 g/mol. The van der Waals surface area contributed by atoms with Crippen LogP contribution in [0.4, 0.5) is 0 Å². The molecular weight excluding hydrogens is 1870 g/mol. The van der Waals surface area contributed by atoms with E-state index in [1.54, 1.807) is 93.0 Å². The lowest BCUT2D eigenvalue weighted by Crippen LogP contribution is -2.63. The van der Waals surface area contributed by atoms with Crippen LogP contribution >= 0.6 is 47.7 Å². The molecule has 45 nitrogen and oxygen atoms in total. The average Bonchev–Trinajstić information content (AvgIpc) is 1.59. The van der Waals surface area contributed by atoms with Crippen LogP contribution in [0, 0.1) is 29.6 Å². The summed E-state index contributed by atoms with van der Waals surface area (Å²) in [5.74, 6) is -29.0. The summed E-state index contributed by atoms with van der Waals surface area (Å²) >= 11 is 2.18. The quantitative estimate of drug-likeness (QED) is 0.0409. The number of aliphatic hydroxyl groups excluding tert-OH is 1. The monoisotopic (exact) mass is 2010 g/mol. The number of carbonyl (C=O) groups excluding carboxylic acids is 19. The van der Waals surface area contributed by atoms with Gasteiger partial charge in [0.05, 0.1) is 36.7 Å². The van der Waals surface area contributed by atoms with Gasteiger partial charge in [-0.2, -0.15) is 35.3 Å². The summed E-state index contributed by atoms with van der Waals surface area (Å²) in [6.45, 7) is 18.7. The van der Waals surface area contributed by atoms with Crippen molar-refractivity contribution in [2.75, 3.05) is 75.6 Å². The normalized spacial score (nSPS) is 29.4. The Labute approximate surface area is 811 Å². The lowest BCUT2D eigenvalue weighted by Gasteiger charge is -2.32. The highest BCUT2D eigenvalue weighted by Gasteiger charge is 2.45. The fourth-order valence-corrected chi connectivity index (χ4v) is 19.3. The van der Waals surface area contributed by atoms with Crippen molar-refractivity contribution in [3.05, 3.63) is 36.0 Å². The molecule has 4 aliphatic rings. The minimum absolute atomic E-state index is 0. The number of nitrogens with zero attached hydrogens (tertiary/aromatic N) is 1. The summed E-state index contributed by atoms with van der Waals surface area (Å²) in [7, 11) is 1.08. The highest BCUT2D eigenvalue weighted by Crippen LogP contribution is 2.25. The number of benzene rings is 1. The van der Waals surface area contributed by atoms with Crippen LogP contribution in [0.2, 0.25) is 0 Å². The van der Waals surface area contributed by atoms with E-state index in [9.17, 15) is 53.4 Å². The molecule has 136 heavy (non-hydrogen) atoms. The van der Waals surface area contributed by atoms with Crippen molar-refractivity contribution in [3.63, 3.8) is 0 Å². The molecule has 1 aromatic heterocycles. The first kappa shape index (κ1) is 116. The van der Waals surface area contributed by atoms with Gasteiger partial charge in [-0.3, -0.25) is 100 Å². The Hall–Kier alpha value is -10.5. The second kappa shape index (κ2) is 55.8. The Kier molecular flexibility index (Phi) is 47.6. The third kappa shape index (κ3) is 35.2. The molecule has 4 fully saturated rings.